The quantitative estimate of drug-likeness (QED) is 0.755. The van der Waals surface area contributed by atoms with Gasteiger partial charge in [0.15, 0.2) is 0 Å². The minimum absolute atomic E-state index is 0.0406. The molecule has 0 aliphatic rings. The number of hydrogen-bond donors (Lipinski definition) is 0. The Morgan fingerprint density at radius 2 is 2.24 bits per heavy atom. The lowest BCUT2D eigenvalue weighted by molar-refractivity contribution is -0.108. The predicted octanol–water partition coefficient (Wildman–Crippen LogP) is 2.00. The van der Waals surface area contributed by atoms with E-state index >= 15 is 0 Å². The zero-order valence-corrected chi connectivity index (χ0v) is 10.3. The summed E-state index contributed by atoms with van der Waals surface area (Å²) in [6, 6.07) is -0.664. The van der Waals surface area contributed by atoms with Crippen LogP contribution in [0.4, 0.5) is 10.8 Å². The molecular weight excluding hydrogens is 224 g/mol. The normalized spacial score (nSPS) is 12.9. The summed E-state index contributed by atoms with van der Waals surface area (Å²) in [6.45, 7) is 6.78. The number of ether oxygens (including phenoxy) is 1. The van der Waals surface area contributed by atoms with E-state index in [4.69, 9.17) is 9.15 Å². The van der Waals surface area contributed by atoms with Gasteiger partial charge in [-0.2, -0.15) is 0 Å². The first-order valence-corrected chi connectivity index (χ1v) is 5.22. The third-order valence-corrected chi connectivity index (χ3v) is 1.82. The summed E-state index contributed by atoms with van der Waals surface area (Å²) in [4.78, 5) is 27.6. The second-order valence-corrected chi connectivity index (χ2v) is 4.54. The zero-order chi connectivity index (χ0) is 13.1. The van der Waals surface area contributed by atoms with Crippen LogP contribution >= 0.6 is 0 Å². The van der Waals surface area contributed by atoms with E-state index in [0.717, 1.165) is 4.90 Å². The molecule has 1 amide bonds. The first-order chi connectivity index (χ1) is 7.85. The Kier molecular flexibility index (Phi) is 3.88. The van der Waals surface area contributed by atoms with Crippen LogP contribution in [0, 0.1) is 0 Å². The predicted molar refractivity (Wildman–Crippen MR) is 60.7 cm³/mol. The van der Waals surface area contributed by atoms with Crippen molar-refractivity contribution in [2.24, 2.45) is 0 Å². The fourth-order valence-corrected chi connectivity index (χ4v) is 1.13. The average molecular weight is 240 g/mol. The van der Waals surface area contributed by atoms with Crippen LogP contribution in [0.5, 0.6) is 0 Å². The first kappa shape index (κ1) is 13.2. The van der Waals surface area contributed by atoms with E-state index in [1.165, 1.54) is 12.5 Å². The van der Waals surface area contributed by atoms with Gasteiger partial charge < -0.3 is 13.9 Å². The molecule has 0 fully saturated rings. The van der Waals surface area contributed by atoms with Crippen LogP contribution < -0.4 is 4.90 Å². The Labute approximate surface area is 99.6 Å². The molecule has 6 heteroatoms. The Hall–Kier alpha value is -1.85. The molecule has 1 aromatic rings. The fraction of sp³-hybridized carbons (Fsp3) is 0.545. The molecule has 0 radical (unpaired) electrons. The third kappa shape index (κ3) is 3.58. The highest BCUT2D eigenvalue weighted by molar-refractivity contribution is 5.90. The second-order valence-electron chi connectivity index (χ2n) is 4.54. The van der Waals surface area contributed by atoms with Crippen molar-refractivity contribution in [3.05, 3.63) is 12.5 Å². The number of anilines is 1. The van der Waals surface area contributed by atoms with E-state index in [1.807, 2.05) is 0 Å². The maximum absolute atomic E-state index is 11.9. The minimum atomic E-state index is -0.705. The molecule has 1 atom stereocenters. The number of hydrogen-bond acceptors (Lipinski definition) is 5. The Morgan fingerprint density at radius 3 is 2.65 bits per heavy atom. The van der Waals surface area contributed by atoms with Crippen molar-refractivity contribution in [2.45, 2.75) is 39.3 Å². The van der Waals surface area contributed by atoms with Crippen LogP contribution in [0.1, 0.15) is 27.7 Å². The van der Waals surface area contributed by atoms with Crippen molar-refractivity contribution in [1.29, 1.82) is 0 Å². The standard InChI is InChI=1S/C11H16N2O4/c1-8(7-14)13(9-12-5-6-16-9)10(15)17-11(2,3)4/h5-8H,1-4H3/t8-/m0/s1. The minimum Gasteiger partial charge on any atom is -0.443 e. The number of rotatable bonds is 3. The van der Waals surface area contributed by atoms with Crippen LogP contribution in [-0.2, 0) is 9.53 Å². The Morgan fingerprint density at radius 1 is 1.59 bits per heavy atom. The average Bonchev–Trinajstić information content (AvgIpc) is 2.68. The lowest BCUT2D eigenvalue weighted by atomic mass is 10.2. The summed E-state index contributed by atoms with van der Waals surface area (Å²) in [5, 5.41) is 0. The Bertz CT molecular complexity index is 381. The van der Waals surface area contributed by atoms with Crippen molar-refractivity contribution in [1.82, 2.24) is 4.98 Å². The summed E-state index contributed by atoms with van der Waals surface area (Å²) in [6.07, 6.45) is 2.67. The van der Waals surface area contributed by atoms with E-state index < -0.39 is 17.7 Å². The molecule has 0 saturated carbocycles. The number of carbonyl (C=O) groups excluding carboxylic acids is 2. The van der Waals surface area contributed by atoms with Crippen LogP contribution in [0.25, 0.3) is 0 Å². The molecule has 0 aliphatic heterocycles. The van der Waals surface area contributed by atoms with Crippen molar-refractivity contribution in [3.63, 3.8) is 0 Å². The van der Waals surface area contributed by atoms with Gasteiger partial charge in [-0.05, 0) is 27.7 Å². The van der Waals surface area contributed by atoms with Gasteiger partial charge in [0.2, 0.25) is 0 Å². The highest BCUT2D eigenvalue weighted by atomic mass is 16.6. The molecule has 1 rings (SSSR count). The van der Waals surface area contributed by atoms with E-state index in [9.17, 15) is 9.59 Å². The fourth-order valence-electron chi connectivity index (χ4n) is 1.13. The highest BCUT2D eigenvalue weighted by Gasteiger charge is 2.29. The van der Waals surface area contributed by atoms with E-state index in [-0.39, 0.29) is 6.01 Å². The summed E-state index contributed by atoms with van der Waals surface area (Å²) < 4.78 is 10.2. The van der Waals surface area contributed by atoms with E-state index in [0.29, 0.717) is 6.29 Å². The molecule has 17 heavy (non-hydrogen) atoms. The zero-order valence-electron chi connectivity index (χ0n) is 10.3. The summed E-state index contributed by atoms with van der Waals surface area (Å²) >= 11 is 0. The van der Waals surface area contributed by atoms with Crippen LogP contribution in [-0.4, -0.2) is 29.0 Å². The number of amides is 1. The smallest absolute Gasteiger partial charge is 0.419 e. The third-order valence-electron chi connectivity index (χ3n) is 1.82. The van der Waals surface area contributed by atoms with E-state index in [2.05, 4.69) is 4.98 Å². The second kappa shape index (κ2) is 4.99. The molecule has 0 saturated heterocycles. The molecule has 1 heterocycles. The highest BCUT2D eigenvalue weighted by Crippen LogP contribution is 2.18. The van der Waals surface area contributed by atoms with Gasteiger partial charge in [0, 0.05) is 0 Å². The molecular formula is C11H16N2O4. The number of nitrogens with zero attached hydrogens (tertiary/aromatic N) is 2. The molecule has 1 aromatic heterocycles. The van der Waals surface area contributed by atoms with Crippen LogP contribution in [0.15, 0.2) is 16.9 Å². The Balaban J connectivity index is 2.92. The molecule has 0 aromatic carbocycles. The largest absolute Gasteiger partial charge is 0.443 e. The lowest BCUT2D eigenvalue weighted by Gasteiger charge is -2.26. The van der Waals surface area contributed by atoms with Gasteiger partial charge in [-0.25, -0.2) is 14.7 Å². The molecule has 0 spiro atoms. The van der Waals surface area contributed by atoms with Gasteiger partial charge in [0.05, 0.1) is 12.2 Å². The summed E-state index contributed by atoms with van der Waals surface area (Å²) in [5.74, 6) is 0. The molecule has 0 N–H and O–H groups in total. The molecule has 6 nitrogen and oxygen atoms in total. The monoisotopic (exact) mass is 240 g/mol. The molecule has 0 bridgehead atoms. The number of aldehydes is 1. The van der Waals surface area contributed by atoms with Crippen molar-refractivity contribution in [3.8, 4) is 0 Å². The topological polar surface area (TPSA) is 72.6 Å². The van der Waals surface area contributed by atoms with Crippen LogP contribution in [0.2, 0.25) is 0 Å². The van der Waals surface area contributed by atoms with Gasteiger partial charge in [-0.3, -0.25) is 0 Å². The molecule has 94 valence electrons. The van der Waals surface area contributed by atoms with Crippen molar-refractivity contribution in [2.75, 3.05) is 4.90 Å². The van der Waals surface area contributed by atoms with E-state index in [1.54, 1.807) is 27.7 Å². The molecule has 0 aliphatic carbocycles. The van der Waals surface area contributed by atoms with Crippen LogP contribution in [0.3, 0.4) is 0 Å². The van der Waals surface area contributed by atoms with Gasteiger partial charge >= 0.3 is 12.1 Å². The van der Waals surface area contributed by atoms with Gasteiger partial charge in [0.25, 0.3) is 0 Å². The lowest BCUT2D eigenvalue weighted by Crippen LogP contribution is -2.43. The number of oxazole rings is 1. The van der Waals surface area contributed by atoms with Crippen molar-refractivity contribution >= 4 is 18.4 Å². The van der Waals surface area contributed by atoms with Gasteiger partial charge in [0.1, 0.15) is 18.2 Å². The first-order valence-electron chi connectivity index (χ1n) is 5.22. The van der Waals surface area contributed by atoms with Crippen molar-refractivity contribution < 1.29 is 18.7 Å². The van der Waals surface area contributed by atoms with Gasteiger partial charge in [-0.1, -0.05) is 0 Å². The maximum Gasteiger partial charge on any atom is 0.419 e. The van der Waals surface area contributed by atoms with Gasteiger partial charge in [-0.15, -0.1) is 0 Å². The summed E-state index contributed by atoms with van der Waals surface area (Å²) in [5.41, 5.74) is -0.648. The summed E-state index contributed by atoms with van der Waals surface area (Å²) in [7, 11) is 0. The maximum atomic E-state index is 11.9. The molecule has 0 unspecified atom stereocenters. The SMILES string of the molecule is C[C@@H](C=O)N(C(=O)OC(C)(C)C)c1ncco1. The number of aromatic nitrogens is 1. The number of carbonyl (C=O) groups is 2.